The zero-order chi connectivity index (χ0) is 24.1. The van der Waals surface area contributed by atoms with Gasteiger partial charge in [-0.05, 0) is 31.0 Å². The van der Waals surface area contributed by atoms with E-state index in [4.69, 9.17) is 19.4 Å². The van der Waals surface area contributed by atoms with Crippen molar-refractivity contribution in [3.8, 4) is 11.5 Å². The van der Waals surface area contributed by atoms with Crippen molar-refractivity contribution < 1.29 is 14.3 Å². The summed E-state index contributed by atoms with van der Waals surface area (Å²) < 4.78 is 10.9. The van der Waals surface area contributed by atoms with Crippen molar-refractivity contribution in [3.05, 3.63) is 76.7 Å². The topological polar surface area (TPSA) is 67.8 Å². The van der Waals surface area contributed by atoms with E-state index in [0.717, 1.165) is 30.2 Å². The van der Waals surface area contributed by atoms with Gasteiger partial charge < -0.3 is 19.3 Å². The molecule has 0 radical (unpaired) electrons. The van der Waals surface area contributed by atoms with E-state index in [2.05, 4.69) is 36.1 Å². The minimum atomic E-state index is -0.0772. The number of carbonyl (C=O) groups is 1. The van der Waals surface area contributed by atoms with Crippen LogP contribution in [0.4, 0.5) is 5.82 Å². The first-order valence-corrected chi connectivity index (χ1v) is 11.7. The maximum atomic E-state index is 13.4. The summed E-state index contributed by atoms with van der Waals surface area (Å²) in [5.74, 6) is 2.73. The van der Waals surface area contributed by atoms with E-state index in [0.29, 0.717) is 43.2 Å². The highest BCUT2D eigenvalue weighted by Gasteiger charge is 2.29. The van der Waals surface area contributed by atoms with Crippen LogP contribution in [-0.2, 0) is 12.8 Å². The van der Waals surface area contributed by atoms with Crippen LogP contribution in [-0.4, -0.2) is 61.2 Å². The Morgan fingerprint density at radius 1 is 0.912 bits per heavy atom. The summed E-state index contributed by atoms with van der Waals surface area (Å²) in [7, 11) is 3.14. The molecular weight excluding hydrogens is 428 g/mol. The smallest absolute Gasteiger partial charge is 0.261 e. The van der Waals surface area contributed by atoms with Crippen LogP contribution in [0.3, 0.4) is 0 Å². The Hall–Kier alpha value is -3.61. The van der Waals surface area contributed by atoms with E-state index in [1.807, 2.05) is 24.0 Å². The molecule has 2 aromatic carbocycles. The summed E-state index contributed by atoms with van der Waals surface area (Å²) in [6.07, 6.45) is 1.64. The lowest BCUT2D eigenvalue weighted by atomic mass is 10.0. The molecule has 2 heterocycles. The predicted octanol–water partition coefficient (Wildman–Crippen LogP) is 3.92. The first kappa shape index (κ1) is 23.5. The van der Waals surface area contributed by atoms with Gasteiger partial charge in [0.05, 0.1) is 14.2 Å². The molecule has 0 aliphatic carbocycles. The Kier molecular flexibility index (Phi) is 7.30. The number of rotatable bonds is 7. The molecule has 1 amide bonds. The Morgan fingerprint density at radius 2 is 1.56 bits per heavy atom. The number of piperazine rings is 1. The summed E-state index contributed by atoms with van der Waals surface area (Å²) >= 11 is 0. The van der Waals surface area contributed by atoms with E-state index in [1.54, 1.807) is 26.4 Å². The quantitative estimate of drug-likeness (QED) is 0.532. The van der Waals surface area contributed by atoms with Gasteiger partial charge >= 0.3 is 0 Å². The molecule has 34 heavy (non-hydrogen) atoms. The molecule has 178 valence electrons. The number of methoxy groups -OCH3 is 2. The van der Waals surface area contributed by atoms with Crippen molar-refractivity contribution in [3.63, 3.8) is 0 Å². The van der Waals surface area contributed by atoms with E-state index in [1.165, 1.54) is 11.1 Å². The highest BCUT2D eigenvalue weighted by molar-refractivity contribution is 5.99. The lowest BCUT2D eigenvalue weighted by Crippen LogP contribution is -2.49. The number of anilines is 1. The highest BCUT2D eigenvalue weighted by Crippen LogP contribution is 2.31. The summed E-state index contributed by atoms with van der Waals surface area (Å²) in [5.41, 5.74) is 3.97. The van der Waals surface area contributed by atoms with Crippen LogP contribution >= 0.6 is 0 Å². The number of carbonyl (C=O) groups excluding carboxylic acids is 1. The predicted molar refractivity (Wildman–Crippen MR) is 133 cm³/mol. The van der Waals surface area contributed by atoms with Gasteiger partial charge in [-0.25, -0.2) is 9.97 Å². The van der Waals surface area contributed by atoms with Gasteiger partial charge in [0, 0.05) is 43.9 Å². The summed E-state index contributed by atoms with van der Waals surface area (Å²) in [6, 6.07) is 15.8. The SMILES string of the molecule is CCc1nc(C)nc(N2CCN(C(=O)c3c(OC)cccc3OC)CC2)c1Cc1ccccc1. The summed E-state index contributed by atoms with van der Waals surface area (Å²) in [5, 5.41) is 0. The molecule has 3 aromatic rings. The molecule has 4 rings (SSSR count). The number of ether oxygens (including phenoxy) is 2. The zero-order valence-electron chi connectivity index (χ0n) is 20.4. The molecule has 1 aliphatic rings. The van der Waals surface area contributed by atoms with E-state index >= 15 is 0 Å². The zero-order valence-corrected chi connectivity index (χ0v) is 20.4. The molecular formula is C27H32N4O3. The van der Waals surface area contributed by atoms with Crippen molar-refractivity contribution >= 4 is 11.7 Å². The third kappa shape index (κ3) is 4.83. The number of hydrogen-bond donors (Lipinski definition) is 0. The van der Waals surface area contributed by atoms with Crippen molar-refractivity contribution in [2.75, 3.05) is 45.3 Å². The molecule has 1 aromatic heterocycles. The molecule has 0 atom stereocenters. The van der Waals surface area contributed by atoms with Gasteiger partial charge in [-0.15, -0.1) is 0 Å². The fourth-order valence-corrected chi connectivity index (χ4v) is 4.51. The normalized spacial score (nSPS) is 13.6. The number of amides is 1. The Bertz CT molecular complexity index is 1120. The molecule has 7 heteroatoms. The third-order valence-electron chi connectivity index (χ3n) is 6.25. The molecule has 1 fully saturated rings. The Labute approximate surface area is 201 Å². The highest BCUT2D eigenvalue weighted by atomic mass is 16.5. The van der Waals surface area contributed by atoms with Gasteiger partial charge in [-0.3, -0.25) is 4.79 Å². The number of aryl methyl sites for hydroxylation is 2. The number of hydrogen-bond acceptors (Lipinski definition) is 6. The van der Waals surface area contributed by atoms with E-state index in [-0.39, 0.29) is 5.91 Å². The van der Waals surface area contributed by atoms with Crippen LogP contribution in [0, 0.1) is 6.92 Å². The van der Waals surface area contributed by atoms with Gasteiger partial charge in [0.1, 0.15) is 28.7 Å². The average Bonchev–Trinajstić information content (AvgIpc) is 2.89. The van der Waals surface area contributed by atoms with Gasteiger partial charge in [0.15, 0.2) is 0 Å². The summed E-state index contributed by atoms with van der Waals surface area (Å²) in [4.78, 5) is 27.1. The number of benzene rings is 2. The van der Waals surface area contributed by atoms with Crippen LogP contribution in [0.5, 0.6) is 11.5 Å². The molecule has 1 saturated heterocycles. The van der Waals surface area contributed by atoms with Crippen molar-refractivity contribution in [2.24, 2.45) is 0 Å². The standard InChI is InChI=1S/C27H32N4O3/c1-5-22-21(18-20-10-7-6-8-11-20)26(29-19(2)28-22)30-14-16-31(17-15-30)27(32)25-23(33-3)12-9-13-24(25)34-4/h6-13H,5,14-18H2,1-4H3. The van der Waals surface area contributed by atoms with Crippen molar-refractivity contribution in [2.45, 2.75) is 26.7 Å². The number of aromatic nitrogens is 2. The maximum absolute atomic E-state index is 13.4. The van der Waals surface area contributed by atoms with Gasteiger partial charge in [0.25, 0.3) is 5.91 Å². The van der Waals surface area contributed by atoms with Crippen LogP contribution in [0.15, 0.2) is 48.5 Å². The second kappa shape index (κ2) is 10.5. The third-order valence-corrected chi connectivity index (χ3v) is 6.25. The fraction of sp³-hybridized carbons (Fsp3) is 0.370. The summed E-state index contributed by atoms with van der Waals surface area (Å²) in [6.45, 7) is 6.67. The second-order valence-electron chi connectivity index (χ2n) is 8.35. The average molecular weight is 461 g/mol. The first-order chi connectivity index (χ1) is 16.5. The molecule has 0 bridgehead atoms. The Balaban J connectivity index is 1.57. The molecule has 1 aliphatic heterocycles. The lowest BCUT2D eigenvalue weighted by Gasteiger charge is -2.37. The monoisotopic (exact) mass is 460 g/mol. The minimum absolute atomic E-state index is 0.0772. The van der Waals surface area contributed by atoms with E-state index in [9.17, 15) is 4.79 Å². The van der Waals surface area contributed by atoms with E-state index < -0.39 is 0 Å². The van der Waals surface area contributed by atoms with Gasteiger partial charge in [-0.1, -0.05) is 43.3 Å². The lowest BCUT2D eigenvalue weighted by molar-refractivity contribution is 0.0739. The maximum Gasteiger partial charge on any atom is 0.261 e. The number of nitrogens with zero attached hydrogens (tertiary/aromatic N) is 4. The molecule has 7 nitrogen and oxygen atoms in total. The molecule has 0 spiro atoms. The van der Waals surface area contributed by atoms with Crippen LogP contribution in [0.2, 0.25) is 0 Å². The van der Waals surface area contributed by atoms with Crippen LogP contribution in [0.1, 0.15) is 39.9 Å². The first-order valence-electron chi connectivity index (χ1n) is 11.7. The van der Waals surface area contributed by atoms with Crippen molar-refractivity contribution in [1.82, 2.24) is 14.9 Å². The second-order valence-corrected chi connectivity index (χ2v) is 8.35. The van der Waals surface area contributed by atoms with Gasteiger partial charge in [-0.2, -0.15) is 0 Å². The fourth-order valence-electron chi connectivity index (χ4n) is 4.51. The van der Waals surface area contributed by atoms with Crippen LogP contribution < -0.4 is 14.4 Å². The largest absolute Gasteiger partial charge is 0.496 e. The Morgan fingerprint density at radius 3 is 2.15 bits per heavy atom. The minimum Gasteiger partial charge on any atom is -0.496 e. The van der Waals surface area contributed by atoms with Crippen molar-refractivity contribution in [1.29, 1.82) is 0 Å². The molecule has 0 saturated carbocycles. The molecule has 0 unspecified atom stereocenters. The molecule has 0 N–H and O–H groups in total. The van der Waals surface area contributed by atoms with Crippen LogP contribution in [0.25, 0.3) is 0 Å². The van der Waals surface area contributed by atoms with Gasteiger partial charge in [0.2, 0.25) is 0 Å².